The Kier molecular flexibility index (Phi) is 6.57. The molecule has 8 nitrogen and oxygen atoms in total. The fourth-order valence-electron chi connectivity index (χ4n) is 4.30. The number of urea groups is 1. The van der Waals surface area contributed by atoms with E-state index in [-0.39, 0.29) is 17.8 Å². The number of nitrogens with zero attached hydrogens (tertiary/aromatic N) is 1. The summed E-state index contributed by atoms with van der Waals surface area (Å²) in [5, 5.41) is 2.85. The third-order valence-electron chi connectivity index (χ3n) is 5.82. The summed E-state index contributed by atoms with van der Waals surface area (Å²) < 4.78 is 26.0. The van der Waals surface area contributed by atoms with Gasteiger partial charge in [0.05, 0.1) is 18.4 Å². The van der Waals surface area contributed by atoms with E-state index < -0.39 is 16.1 Å². The number of fused-ring (bicyclic) bond motifs is 1. The molecule has 0 saturated carbocycles. The van der Waals surface area contributed by atoms with Gasteiger partial charge in [-0.15, -0.1) is 0 Å². The van der Waals surface area contributed by atoms with Gasteiger partial charge in [0.2, 0.25) is 5.88 Å². The highest BCUT2D eigenvalue weighted by Crippen LogP contribution is 2.38. The second-order valence-corrected chi connectivity index (χ2v) is 10.9. The molecule has 0 radical (unpaired) electrons. The summed E-state index contributed by atoms with van der Waals surface area (Å²) >= 11 is 0. The lowest BCUT2D eigenvalue weighted by Gasteiger charge is -2.27. The molecule has 2 unspecified atom stereocenters. The predicted octanol–water partition coefficient (Wildman–Crippen LogP) is 3.06. The molecule has 2 amide bonds. The van der Waals surface area contributed by atoms with Crippen LogP contribution in [0.1, 0.15) is 37.3 Å². The number of hydrogen-bond acceptors (Lipinski definition) is 6. The molecule has 1 aliphatic heterocycles. The van der Waals surface area contributed by atoms with E-state index >= 15 is 0 Å². The van der Waals surface area contributed by atoms with Crippen molar-refractivity contribution in [3.63, 3.8) is 0 Å². The molecule has 2 N–H and O–H groups in total. The van der Waals surface area contributed by atoms with Gasteiger partial charge in [0, 0.05) is 47.0 Å². The minimum absolute atomic E-state index is 0.0481. The standard InChI is InChI=1S/C23H29N3O5S/c1-15-12-18(9-11-30-15)31-21-13-17(8-10-24-21)20-7-6-16-4-3-5-19(16)22(20)25-23(28)26-32(2,29)14-27/h6-8,10,13-15,18,32H,3-5,9,11-12H2,1-2H3,(H2,25,26,28,29). The summed E-state index contributed by atoms with van der Waals surface area (Å²) in [5.41, 5.74) is 4.88. The van der Waals surface area contributed by atoms with Gasteiger partial charge in [0.15, 0.2) is 5.62 Å². The molecular weight excluding hydrogens is 430 g/mol. The maximum atomic E-state index is 12.5. The second kappa shape index (κ2) is 9.38. The van der Waals surface area contributed by atoms with Crippen LogP contribution < -0.4 is 14.8 Å². The smallest absolute Gasteiger partial charge is 0.329 e. The van der Waals surface area contributed by atoms with Gasteiger partial charge in [-0.05, 0) is 48.9 Å². The maximum Gasteiger partial charge on any atom is 0.329 e. The van der Waals surface area contributed by atoms with Crippen LogP contribution in [0, 0.1) is 0 Å². The number of rotatable bonds is 6. The molecule has 1 aromatic heterocycles. The van der Waals surface area contributed by atoms with Crippen molar-refractivity contribution in [1.82, 2.24) is 9.71 Å². The minimum atomic E-state index is -3.39. The molecule has 1 aromatic carbocycles. The molecule has 2 atom stereocenters. The van der Waals surface area contributed by atoms with Crippen LogP contribution in [-0.2, 0) is 32.5 Å². The molecule has 1 fully saturated rings. The van der Waals surface area contributed by atoms with Gasteiger partial charge >= 0.3 is 6.03 Å². The Morgan fingerprint density at radius 3 is 2.94 bits per heavy atom. The second-order valence-electron chi connectivity index (χ2n) is 8.47. The van der Waals surface area contributed by atoms with E-state index in [0.29, 0.717) is 18.2 Å². The van der Waals surface area contributed by atoms with Crippen LogP contribution >= 0.6 is 0 Å². The Labute approximate surface area is 188 Å². The molecule has 2 heterocycles. The van der Waals surface area contributed by atoms with Gasteiger partial charge in [-0.1, -0.05) is 12.1 Å². The topological polar surface area (TPSA) is 107 Å². The summed E-state index contributed by atoms with van der Waals surface area (Å²) in [5.74, 6) is 0.525. The van der Waals surface area contributed by atoms with Crippen LogP contribution in [0.2, 0.25) is 0 Å². The zero-order valence-electron chi connectivity index (χ0n) is 18.3. The number of carbonyl (C=O) groups excluding carboxylic acids is 2. The molecule has 2 aliphatic rings. The van der Waals surface area contributed by atoms with Gasteiger partial charge in [0.25, 0.3) is 0 Å². The molecule has 0 spiro atoms. The first-order valence-corrected chi connectivity index (χ1v) is 13.1. The largest absolute Gasteiger partial charge is 0.474 e. The molecule has 1 aliphatic carbocycles. The van der Waals surface area contributed by atoms with Gasteiger partial charge in [0.1, 0.15) is 6.10 Å². The van der Waals surface area contributed by atoms with E-state index in [1.54, 1.807) is 6.20 Å². The van der Waals surface area contributed by atoms with Crippen LogP contribution in [0.5, 0.6) is 5.88 Å². The van der Waals surface area contributed by atoms with E-state index in [2.05, 4.69) is 21.1 Å². The number of aromatic nitrogens is 1. The maximum absolute atomic E-state index is 12.5. The van der Waals surface area contributed by atoms with Crippen LogP contribution in [0.25, 0.3) is 11.1 Å². The molecular formula is C23H29N3O5S. The molecule has 2 aromatic rings. The number of anilines is 1. The SMILES string of the molecule is CC1CC(Oc2cc(-c3ccc4c(c3NC(=O)N[SH](C)(=O)C=O)CCC4)ccn2)CCO1. The minimum Gasteiger partial charge on any atom is -0.474 e. The molecule has 9 heteroatoms. The van der Waals surface area contributed by atoms with Crippen LogP contribution in [0.4, 0.5) is 10.5 Å². The number of carbonyl (C=O) groups is 2. The molecule has 172 valence electrons. The number of aryl methyl sites for hydroxylation is 1. The lowest BCUT2D eigenvalue weighted by Crippen LogP contribution is -2.39. The number of hydrogen-bond donors (Lipinski definition) is 3. The van der Waals surface area contributed by atoms with Gasteiger partial charge < -0.3 is 14.8 Å². The van der Waals surface area contributed by atoms with Crippen LogP contribution in [0.15, 0.2) is 30.5 Å². The fourth-order valence-corrected chi connectivity index (χ4v) is 4.81. The van der Waals surface area contributed by atoms with Crippen molar-refractivity contribution in [1.29, 1.82) is 0 Å². The van der Waals surface area contributed by atoms with Crippen molar-refractivity contribution in [3.05, 3.63) is 41.6 Å². The fraction of sp³-hybridized carbons (Fsp3) is 0.435. The monoisotopic (exact) mass is 459 g/mol. The Morgan fingerprint density at radius 2 is 2.16 bits per heavy atom. The average Bonchev–Trinajstić information content (AvgIpc) is 3.23. The average molecular weight is 460 g/mol. The Bertz CT molecular complexity index is 1070. The number of pyridine rings is 1. The van der Waals surface area contributed by atoms with Gasteiger partial charge in [-0.25, -0.2) is 9.78 Å². The van der Waals surface area contributed by atoms with Gasteiger partial charge in [-0.2, -0.15) is 0 Å². The zero-order valence-corrected chi connectivity index (χ0v) is 19.2. The zero-order chi connectivity index (χ0) is 22.7. The normalized spacial score (nSPS) is 20.8. The Hall–Kier alpha value is -2.78. The molecule has 0 bridgehead atoms. The Morgan fingerprint density at radius 1 is 1.31 bits per heavy atom. The number of ether oxygens (including phenoxy) is 2. The highest BCUT2D eigenvalue weighted by molar-refractivity contribution is 8.13. The first-order valence-electron chi connectivity index (χ1n) is 10.9. The van der Waals surface area contributed by atoms with Crippen molar-refractivity contribution in [2.24, 2.45) is 0 Å². The molecule has 4 rings (SSSR count). The van der Waals surface area contributed by atoms with E-state index in [9.17, 15) is 13.8 Å². The van der Waals surface area contributed by atoms with Crippen molar-refractivity contribution in [3.8, 4) is 17.0 Å². The highest BCUT2D eigenvalue weighted by Gasteiger charge is 2.23. The predicted molar refractivity (Wildman–Crippen MR) is 125 cm³/mol. The van der Waals surface area contributed by atoms with Crippen molar-refractivity contribution < 1.29 is 23.3 Å². The van der Waals surface area contributed by atoms with Crippen molar-refractivity contribution in [2.45, 2.75) is 51.2 Å². The number of amides is 2. The summed E-state index contributed by atoms with van der Waals surface area (Å²) in [6.45, 7) is 2.70. The summed E-state index contributed by atoms with van der Waals surface area (Å²) in [6.07, 6.45) is 7.53. The van der Waals surface area contributed by atoms with Crippen molar-refractivity contribution in [2.75, 3.05) is 18.2 Å². The third-order valence-corrected chi connectivity index (χ3v) is 6.87. The first-order chi connectivity index (χ1) is 15.3. The van der Waals surface area contributed by atoms with E-state index in [4.69, 9.17) is 9.47 Å². The van der Waals surface area contributed by atoms with E-state index in [1.165, 1.54) is 11.8 Å². The Balaban J connectivity index is 1.63. The highest BCUT2D eigenvalue weighted by atomic mass is 32.3. The van der Waals surface area contributed by atoms with Crippen LogP contribution in [0.3, 0.4) is 0 Å². The van der Waals surface area contributed by atoms with Crippen LogP contribution in [-0.4, -0.2) is 45.9 Å². The van der Waals surface area contributed by atoms with E-state index in [0.717, 1.165) is 48.8 Å². The van der Waals surface area contributed by atoms with Crippen molar-refractivity contribution >= 4 is 27.5 Å². The summed E-state index contributed by atoms with van der Waals surface area (Å²) in [4.78, 5) is 27.9. The molecule has 32 heavy (non-hydrogen) atoms. The quantitative estimate of drug-likeness (QED) is 0.453. The summed E-state index contributed by atoms with van der Waals surface area (Å²) in [7, 11) is -3.39. The van der Waals surface area contributed by atoms with Gasteiger partial charge in [-0.3, -0.25) is 13.7 Å². The number of benzene rings is 1. The first kappa shape index (κ1) is 22.4. The lowest BCUT2D eigenvalue weighted by atomic mass is 9.98. The number of thiol groups is 1. The van der Waals surface area contributed by atoms with E-state index in [1.807, 2.05) is 25.1 Å². The summed E-state index contributed by atoms with van der Waals surface area (Å²) in [6, 6.07) is 7.13. The molecule has 1 saturated heterocycles. The number of nitrogens with one attached hydrogen (secondary N) is 2. The third kappa shape index (κ3) is 5.16. The lowest BCUT2D eigenvalue weighted by molar-refractivity contribution is -0.0263.